The first-order valence-corrected chi connectivity index (χ1v) is 7.13. The highest BCUT2D eigenvalue weighted by molar-refractivity contribution is 5.69. The Kier molecular flexibility index (Phi) is 5.68. The maximum Gasteiger partial charge on any atom is 0.317 e. The molecule has 2 rings (SSSR count). The normalized spacial score (nSPS) is 11.2. The highest BCUT2D eigenvalue weighted by Crippen LogP contribution is 2.01. The molecule has 0 unspecified atom stereocenters. The van der Waals surface area contributed by atoms with Crippen LogP contribution in [0.1, 0.15) is 11.6 Å². The lowest BCUT2D eigenvalue weighted by Crippen LogP contribution is -2.36. The van der Waals surface area contributed by atoms with Crippen LogP contribution >= 0.6 is 0 Å². The number of carboxylic acids is 1. The lowest BCUT2D eigenvalue weighted by atomic mass is 10.4. The number of hydrogen-bond donors (Lipinski definition) is 2. The largest absolute Gasteiger partial charge is 0.480 e. The van der Waals surface area contributed by atoms with E-state index in [0.717, 1.165) is 11.6 Å². The highest BCUT2D eigenvalue weighted by Gasteiger charge is 2.12. The Hall–Kier alpha value is -2.19. The fraction of sp³-hybridized carbons (Fsp3) is 0.500. The topological polar surface area (TPSA) is 88.2 Å². The molecule has 8 heteroatoms. The minimum absolute atomic E-state index is 0.00303. The van der Waals surface area contributed by atoms with Gasteiger partial charge in [0.2, 0.25) is 0 Å². The molecule has 0 amide bonds. The number of rotatable bonds is 9. The molecular weight excluding hydrogens is 284 g/mol. The van der Waals surface area contributed by atoms with Gasteiger partial charge in [-0.1, -0.05) is 0 Å². The molecular formula is C14H22N6O2. The molecule has 0 aliphatic rings. The van der Waals surface area contributed by atoms with E-state index in [1.54, 1.807) is 12.4 Å². The van der Waals surface area contributed by atoms with Gasteiger partial charge in [-0.2, -0.15) is 0 Å². The molecule has 0 bridgehead atoms. The summed E-state index contributed by atoms with van der Waals surface area (Å²) in [5, 5.41) is 12.3. The first-order chi connectivity index (χ1) is 10.6. The quantitative estimate of drug-likeness (QED) is 0.625. The number of aromatic nitrogens is 4. The molecule has 0 fully saturated rings. The zero-order valence-electron chi connectivity index (χ0n) is 12.9. The monoisotopic (exact) mass is 306 g/mol. The predicted molar refractivity (Wildman–Crippen MR) is 81.0 cm³/mol. The lowest BCUT2D eigenvalue weighted by molar-refractivity contribution is -0.138. The zero-order valence-corrected chi connectivity index (χ0v) is 12.9. The molecule has 0 aliphatic heterocycles. The number of nitrogens with one attached hydrogen (secondary N) is 1. The molecule has 0 aliphatic carbocycles. The van der Waals surface area contributed by atoms with Crippen molar-refractivity contribution in [2.75, 3.05) is 19.6 Å². The molecule has 0 atom stereocenters. The van der Waals surface area contributed by atoms with E-state index in [9.17, 15) is 4.79 Å². The van der Waals surface area contributed by atoms with Crippen LogP contribution in [0.3, 0.4) is 0 Å². The molecule has 2 aromatic rings. The molecule has 22 heavy (non-hydrogen) atoms. The van der Waals surface area contributed by atoms with Gasteiger partial charge >= 0.3 is 5.97 Å². The van der Waals surface area contributed by atoms with Crippen molar-refractivity contribution in [3.63, 3.8) is 0 Å². The van der Waals surface area contributed by atoms with E-state index in [4.69, 9.17) is 5.11 Å². The summed E-state index contributed by atoms with van der Waals surface area (Å²) in [6.45, 7) is 2.48. The van der Waals surface area contributed by atoms with Gasteiger partial charge in [0.15, 0.2) is 0 Å². The Morgan fingerprint density at radius 3 is 2.41 bits per heavy atom. The molecule has 0 aromatic carbocycles. The van der Waals surface area contributed by atoms with Crippen molar-refractivity contribution < 1.29 is 9.90 Å². The van der Waals surface area contributed by atoms with Gasteiger partial charge in [0.25, 0.3) is 0 Å². The Morgan fingerprint density at radius 1 is 1.23 bits per heavy atom. The summed E-state index contributed by atoms with van der Waals surface area (Å²) in [5.41, 5.74) is 0. The second-order valence-electron chi connectivity index (χ2n) is 5.19. The van der Waals surface area contributed by atoms with Crippen molar-refractivity contribution in [3.05, 3.63) is 36.4 Å². The number of aliphatic carboxylic acids is 1. The molecule has 2 N–H and O–H groups in total. The van der Waals surface area contributed by atoms with Crippen LogP contribution in [-0.4, -0.2) is 54.7 Å². The van der Waals surface area contributed by atoms with Crippen molar-refractivity contribution in [3.8, 4) is 0 Å². The van der Waals surface area contributed by atoms with Crippen molar-refractivity contribution in [1.82, 2.24) is 29.3 Å². The van der Waals surface area contributed by atoms with E-state index in [2.05, 4.69) is 15.3 Å². The molecule has 0 radical (unpaired) electrons. The number of nitrogens with zero attached hydrogens (tertiary/aromatic N) is 5. The van der Waals surface area contributed by atoms with Crippen molar-refractivity contribution in [2.24, 2.45) is 14.1 Å². The number of carbonyl (C=O) groups is 1. The number of hydrogen-bond acceptors (Lipinski definition) is 5. The Labute approximate surface area is 129 Å². The second-order valence-corrected chi connectivity index (χ2v) is 5.19. The number of carboxylic acid groups (broad SMARTS) is 1. The summed E-state index contributed by atoms with van der Waals surface area (Å²) in [4.78, 5) is 21.3. The molecule has 0 saturated heterocycles. The van der Waals surface area contributed by atoms with E-state index in [-0.39, 0.29) is 6.54 Å². The van der Waals surface area contributed by atoms with E-state index in [1.807, 2.05) is 40.5 Å². The summed E-state index contributed by atoms with van der Waals surface area (Å²) in [6.07, 6.45) is 7.23. The number of aryl methyl sites for hydroxylation is 2. The van der Waals surface area contributed by atoms with Gasteiger partial charge in [-0.3, -0.25) is 9.69 Å². The van der Waals surface area contributed by atoms with Gasteiger partial charge in [-0.15, -0.1) is 0 Å². The van der Waals surface area contributed by atoms with Crippen molar-refractivity contribution in [2.45, 2.75) is 13.1 Å². The van der Waals surface area contributed by atoms with Gasteiger partial charge in [0, 0.05) is 52.0 Å². The first-order valence-electron chi connectivity index (χ1n) is 7.13. The van der Waals surface area contributed by atoms with Crippen LogP contribution in [0.4, 0.5) is 0 Å². The van der Waals surface area contributed by atoms with E-state index in [0.29, 0.717) is 26.2 Å². The molecule has 120 valence electrons. The Morgan fingerprint density at radius 2 is 1.86 bits per heavy atom. The minimum atomic E-state index is -0.835. The van der Waals surface area contributed by atoms with E-state index < -0.39 is 5.97 Å². The minimum Gasteiger partial charge on any atom is -0.480 e. The van der Waals surface area contributed by atoms with E-state index in [1.165, 1.54) is 0 Å². The van der Waals surface area contributed by atoms with Crippen LogP contribution in [0.2, 0.25) is 0 Å². The maximum absolute atomic E-state index is 11.0. The summed E-state index contributed by atoms with van der Waals surface area (Å²) in [5.74, 6) is 0.970. The second kappa shape index (κ2) is 7.71. The molecule has 0 saturated carbocycles. The highest BCUT2D eigenvalue weighted by atomic mass is 16.4. The van der Waals surface area contributed by atoms with Gasteiger partial charge in [-0.05, 0) is 0 Å². The van der Waals surface area contributed by atoms with Gasteiger partial charge in [0.1, 0.15) is 11.6 Å². The SMILES string of the molecule is Cn1ccnc1CNCCN(CC(=O)O)Cc1nccn1C. The summed E-state index contributed by atoms with van der Waals surface area (Å²) >= 11 is 0. The van der Waals surface area contributed by atoms with Crippen LogP contribution in [-0.2, 0) is 32.0 Å². The van der Waals surface area contributed by atoms with E-state index >= 15 is 0 Å². The van der Waals surface area contributed by atoms with Gasteiger partial charge in [-0.25, -0.2) is 9.97 Å². The third-order valence-electron chi connectivity index (χ3n) is 3.45. The van der Waals surface area contributed by atoms with Crippen LogP contribution in [0, 0.1) is 0 Å². The predicted octanol–water partition coefficient (Wildman–Crippen LogP) is -0.170. The van der Waals surface area contributed by atoms with Crippen molar-refractivity contribution >= 4 is 5.97 Å². The summed E-state index contributed by atoms with van der Waals surface area (Å²) < 4.78 is 3.85. The molecule has 2 aromatic heterocycles. The zero-order chi connectivity index (χ0) is 15.9. The summed E-state index contributed by atoms with van der Waals surface area (Å²) in [6, 6.07) is 0. The summed E-state index contributed by atoms with van der Waals surface area (Å²) in [7, 11) is 3.85. The standard InChI is InChI=1S/C14H22N6O2/c1-18-6-4-16-12(18)9-15-3-8-20(11-14(21)22)10-13-17-5-7-19(13)2/h4-7,15H,3,8-11H2,1-2H3,(H,21,22). The van der Waals surface area contributed by atoms with Crippen LogP contribution < -0.4 is 5.32 Å². The smallest absolute Gasteiger partial charge is 0.317 e. The average molecular weight is 306 g/mol. The molecule has 8 nitrogen and oxygen atoms in total. The third kappa shape index (κ3) is 4.68. The Bertz CT molecular complexity index is 606. The van der Waals surface area contributed by atoms with Crippen LogP contribution in [0.5, 0.6) is 0 Å². The first kappa shape index (κ1) is 16.2. The lowest BCUT2D eigenvalue weighted by Gasteiger charge is -2.20. The fourth-order valence-corrected chi connectivity index (χ4v) is 2.16. The fourth-order valence-electron chi connectivity index (χ4n) is 2.16. The van der Waals surface area contributed by atoms with Crippen LogP contribution in [0.25, 0.3) is 0 Å². The Balaban J connectivity index is 1.80. The number of imidazole rings is 2. The molecule has 0 spiro atoms. The maximum atomic E-state index is 11.0. The average Bonchev–Trinajstić information content (AvgIpc) is 3.04. The van der Waals surface area contributed by atoms with Crippen LogP contribution in [0.15, 0.2) is 24.8 Å². The third-order valence-corrected chi connectivity index (χ3v) is 3.45. The van der Waals surface area contributed by atoms with Gasteiger partial charge < -0.3 is 19.6 Å². The molecule has 2 heterocycles. The van der Waals surface area contributed by atoms with Gasteiger partial charge in [0.05, 0.1) is 19.6 Å². The van der Waals surface area contributed by atoms with Crippen molar-refractivity contribution in [1.29, 1.82) is 0 Å².